The van der Waals surface area contributed by atoms with Crippen LogP contribution in [-0.4, -0.2) is 36.6 Å². The molecule has 1 amide bonds. The van der Waals surface area contributed by atoms with Gasteiger partial charge in [0.15, 0.2) is 8.32 Å². The van der Waals surface area contributed by atoms with E-state index < -0.39 is 14.4 Å². The summed E-state index contributed by atoms with van der Waals surface area (Å²) in [6.07, 6.45) is 3.16. The van der Waals surface area contributed by atoms with Gasteiger partial charge in [-0.15, -0.1) is 0 Å². The Morgan fingerprint density at radius 1 is 1.24 bits per heavy atom. The van der Waals surface area contributed by atoms with E-state index >= 15 is 0 Å². The van der Waals surface area contributed by atoms with Gasteiger partial charge in [-0.05, 0) is 49.4 Å². The van der Waals surface area contributed by atoms with E-state index in [4.69, 9.17) is 4.43 Å². The first-order valence-electron chi connectivity index (χ1n) is 9.31. The maximum Gasteiger partial charge on any atom is 0.407 e. The molecule has 0 spiro atoms. The number of hydrogen-bond donors (Lipinski definition) is 1. The van der Waals surface area contributed by atoms with Crippen molar-refractivity contribution in [2.75, 3.05) is 0 Å². The zero-order chi connectivity index (χ0) is 18.7. The Morgan fingerprint density at radius 2 is 1.88 bits per heavy atom. The highest BCUT2D eigenvalue weighted by Gasteiger charge is 2.41. The van der Waals surface area contributed by atoms with Crippen molar-refractivity contribution in [1.82, 2.24) is 4.90 Å². The van der Waals surface area contributed by atoms with Crippen LogP contribution >= 0.6 is 0 Å². The molecule has 1 aliphatic rings. The predicted molar refractivity (Wildman–Crippen MR) is 104 cm³/mol. The quantitative estimate of drug-likeness (QED) is 0.703. The molecule has 2 atom stereocenters. The molecule has 0 aliphatic heterocycles. The molecule has 2 rings (SSSR count). The van der Waals surface area contributed by atoms with E-state index in [9.17, 15) is 9.90 Å². The van der Waals surface area contributed by atoms with Crippen LogP contribution in [0.15, 0.2) is 30.3 Å². The average Bonchev–Trinajstić information content (AvgIpc) is 2.52. The van der Waals surface area contributed by atoms with Gasteiger partial charge in [0.2, 0.25) is 0 Å². The van der Waals surface area contributed by atoms with Crippen LogP contribution in [0.4, 0.5) is 4.79 Å². The molecule has 1 N–H and O–H groups in total. The second-order valence-corrected chi connectivity index (χ2v) is 13.5. The molecule has 0 radical (unpaired) electrons. The summed E-state index contributed by atoms with van der Waals surface area (Å²) in [6.45, 7) is 11.7. The highest BCUT2D eigenvalue weighted by Crippen LogP contribution is 2.39. The summed E-state index contributed by atoms with van der Waals surface area (Å²) < 4.78 is 6.57. The van der Waals surface area contributed by atoms with Crippen LogP contribution in [0.3, 0.4) is 0 Å². The van der Waals surface area contributed by atoms with Crippen LogP contribution in [0.2, 0.25) is 18.1 Å². The third-order valence-corrected chi connectivity index (χ3v) is 10.3. The van der Waals surface area contributed by atoms with Gasteiger partial charge in [0, 0.05) is 18.7 Å². The number of benzene rings is 1. The Morgan fingerprint density at radius 3 is 2.44 bits per heavy atom. The average molecular weight is 364 g/mol. The molecule has 1 fully saturated rings. The summed E-state index contributed by atoms with van der Waals surface area (Å²) in [6, 6.07) is 9.89. The van der Waals surface area contributed by atoms with Crippen LogP contribution in [0.1, 0.15) is 52.0 Å². The molecule has 2 unspecified atom stereocenters. The second kappa shape index (κ2) is 7.91. The van der Waals surface area contributed by atoms with Crippen molar-refractivity contribution < 1.29 is 14.3 Å². The molecular formula is C20H33NO3Si. The minimum atomic E-state index is -1.82. The van der Waals surface area contributed by atoms with E-state index in [1.54, 1.807) is 4.90 Å². The highest BCUT2D eigenvalue weighted by atomic mass is 28.4. The smallest absolute Gasteiger partial charge is 0.407 e. The van der Waals surface area contributed by atoms with Crippen molar-refractivity contribution in [3.8, 4) is 0 Å². The van der Waals surface area contributed by atoms with Gasteiger partial charge in [0.25, 0.3) is 0 Å². The van der Waals surface area contributed by atoms with Crippen LogP contribution in [0.25, 0.3) is 0 Å². The molecule has 0 bridgehead atoms. The van der Waals surface area contributed by atoms with E-state index in [0.29, 0.717) is 6.54 Å². The third-order valence-electron chi connectivity index (χ3n) is 5.75. The third kappa shape index (κ3) is 5.32. The van der Waals surface area contributed by atoms with E-state index in [0.717, 1.165) is 31.2 Å². The fourth-order valence-electron chi connectivity index (χ4n) is 3.24. The lowest BCUT2D eigenvalue weighted by molar-refractivity contribution is 0.0615. The van der Waals surface area contributed by atoms with Gasteiger partial charge >= 0.3 is 6.09 Å². The Kier molecular flexibility index (Phi) is 6.33. The number of carboxylic acid groups (broad SMARTS) is 1. The van der Waals surface area contributed by atoms with Gasteiger partial charge in [0.1, 0.15) is 0 Å². The molecule has 0 saturated heterocycles. The van der Waals surface area contributed by atoms with Gasteiger partial charge in [-0.25, -0.2) is 4.79 Å². The van der Waals surface area contributed by atoms with Gasteiger partial charge in [-0.2, -0.15) is 0 Å². The monoisotopic (exact) mass is 363 g/mol. The van der Waals surface area contributed by atoms with Crippen molar-refractivity contribution in [2.24, 2.45) is 0 Å². The van der Waals surface area contributed by atoms with Crippen molar-refractivity contribution in [3.63, 3.8) is 0 Å². The standard InChI is InChI=1S/C20H33NO3Si/c1-20(2,3)25(4,5)24-18-13-9-12-17(14-18)21(19(22)23)15-16-10-7-6-8-11-16/h6-8,10-11,17-18H,9,12-15H2,1-5H3,(H,22,23). The molecule has 1 aliphatic carbocycles. The largest absolute Gasteiger partial charge is 0.465 e. The molecular weight excluding hydrogens is 330 g/mol. The van der Waals surface area contributed by atoms with Gasteiger partial charge in [0.05, 0.1) is 0 Å². The lowest BCUT2D eigenvalue weighted by atomic mass is 9.92. The summed E-state index contributed by atoms with van der Waals surface area (Å²) in [7, 11) is -1.82. The van der Waals surface area contributed by atoms with Crippen molar-refractivity contribution in [3.05, 3.63) is 35.9 Å². The first-order chi connectivity index (χ1) is 11.6. The molecule has 5 heteroatoms. The van der Waals surface area contributed by atoms with Gasteiger partial charge in [-0.3, -0.25) is 0 Å². The minimum Gasteiger partial charge on any atom is -0.465 e. The molecule has 4 nitrogen and oxygen atoms in total. The summed E-state index contributed by atoms with van der Waals surface area (Å²) in [4.78, 5) is 13.5. The predicted octanol–water partition coefficient (Wildman–Crippen LogP) is 5.50. The van der Waals surface area contributed by atoms with Gasteiger partial charge < -0.3 is 14.4 Å². The SMILES string of the molecule is CC(C)(C)[Si](C)(C)OC1CCCC(N(Cc2ccccc2)C(=O)O)C1. The Hall–Kier alpha value is -1.33. The van der Waals surface area contributed by atoms with E-state index in [1.165, 1.54) is 0 Å². The summed E-state index contributed by atoms with van der Waals surface area (Å²) >= 11 is 0. The maximum absolute atomic E-state index is 11.8. The Bertz CT molecular complexity index is 568. The first-order valence-corrected chi connectivity index (χ1v) is 12.2. The molecule has 0 heterocycles. The van der Waals surface area contributed by atoms with Crippen molar-refractivity contribution in [2.45, 2.75) is 83.3 Å². The van der Waals surface area contributed by atoms with Crippen LogP contribution in [0.5, 0.6) is 0 Å². The topological polar surface area (TPSA) is 49.8 Å². The lowest BCUT2D eigenvalue weighted by Gasteiger charge is -2.43. The Balaban J connectivity index is 2.06. The normalized spacial score (nSPS) is 21.8. The van der Waals surface area contributed by atoms with Crippen LogP contribution in [-0.2, 0) is 11.0 Å². The summed E-state index contributed by atoms with van der Waals surface area (Å²) in [5, 5.41) is 9.91. The number of hydrogen-bond acceptors (Lipinski definition) is 2. The molecule has 0 aromatic heterocycles. The summed E-state index contributed by atoms with van der Waals surface area (Å²) in [5.41, 5.74) is 1.04. The van der Waals surface area contributed by atoms with Crippen LogP contribution in [0, 0.1) is 0 Å². The minimum absolute atomic E-state index is 0.0428. The zero-order valence-electron chi connectivity index (χ0n) is 16.3. The highest BCUT2D eigenvalue weighted by molar-refractivity contribution is 6.74. The second-order valence-electron chi connectivity index (χ2n) is 8.72. The number of carbonyl (C=O) groups is 1. The molecule has 140 valence electrons. The number of nitrogens with zero attached hydrogens (tertiary/aromatic N) is 1. The van der Waals surface area contributed by atoms with Crippen molar-refractivity contribution >= 4 is 14.4 Å². The van der Waals surface area contributed by atoms with E-state index in [-0.39, 0.29) is 17.2 Å². The van der Waals surface area contributed by atoms with E-state index in [1.807, 2.05) is 30.3 Å². The fourth-order valence-corrected chi connectivity index (χ4v) is 4.64. The molecule has 1 saturated carbocycles. The first kappa shape index (κ1) is 20.0. The molecule has 1 aromatic carbocycles. The van der Waals surface area contributed by atoms with E-state index in [2.05, 4.69) is 33.9 Å². The van der Waals surface area contributed by atoms with Crippen LogP contribution < -0.4 is 0 Å². The molecule has 25 heavy (non-hydrogen) atoms. The lowest BCUT2D eigenvalue weighted by Crippen LogP contribution is -2.48. The number of amides is 1. The molecule has 1 aromatic rings. The van der Waals surface area contributed by atoms with Crippen molar-refractivity contribution in [1.29, 1.82) is 0 Å². The fraction of sp³-hybridized carbons (Fsp3) is 0.650. The Labute approximate surface area is 153 Å². The van der Waals surface area contributed by atoms with Gasteiger partial charge in [-0.1, -0.05) is 51.1 Å². The summed E-state index contributed by atoms with van der Waals surface area (Å²) in [5.74, 6) is 0. The zero-order valence-corrected chi connectivity index (χ0v) is 17.3. The maximum atomic E-state index is 11.8. The number of rotatable bonds is 5.